The summed E-state index contributed by atoms with van der Waals surface area (Å²) < 4.78 is 0. The smallest absolute Gasteiger partial charge is 0.320 e. The zero-order valence-corrected chi connectivity index (χ0v) is 13.0. The Balaban J connectivity index is 4.73. The Kier molecular flexibility index (Phi) is 10.1. The Morgan fingerprint density at radius 3 is 2.05 bits per heavy atom. The number of rotatable bonds is 12. The fraction of sp³-hybridized carbons (Fsp3) is 0.867. The molecule has 0 radical (unpaired) electrons. The van der Waals surface area contributed by atoms with Crippen molar-refractivity contribution < 1.29 is 19.8 Å². The van der Waals surface area contributed by atoms with Crippen LogP contribution in [-0.2, 0) is 9.59 Å². The first-order valence-electron chi connectivity index (χ1n) is 7.63. The number of unbranched alkanes of at least 4 members (excludes halogenated alkanes) is 3. The Morgan fingerprint density at radius 1 is 1.00 bits per heavy atom. The Bertz CT molecular complexity index is 294. The highest BCUT2D eigenvalue weighted by atomic mass is 16.4. The van der Waals surface area contributed by atoms with Crippen LogP contribution in [0.1, 0.15) is 59.3 Å². The molecule has 0 rings (SSSR count). The van der Waals surface area contributed by atoms with E-state index in [9.17, 15) is 14.7 Å². The van der Waals surface area contributed by atoms with Crippen molar-refractivity contribution in [2.75, 3.05) is 13.1 Å². The first-order valence-corrected chi connectivity index (χ1v) is 7.63. The van der Waals surface area contributed by atoms with Crippen LogP contribution in [0.5, 0.6) is 0 Å². The van der Waals surface area contributed by atoms with Gasteiger partial charge in [0.05, 0.1) is 5.92 Å². The maximum atomic E-state index is 11.4. The molecular formula is C15H29NO4. The van der Waals surface area contributed by atoms with Crippen molar-refractivity contribution in [1.82, 2.24) is 4.90 Å². The van der Waals surface area contributed by atoms with E-state index in [0.29, 0.717) is 19.5 Å². The maximum Gasteiger partial charge on any atom is 0.320 e. The summed E-state index contributed by atoms with van der Waals surface area (Å²) in [5.74, 6) is -2.25. The van der Waals surface area contributed by atoms with Gasteiger partial charge in [0, 0.05) is 6.54 Å². The van der Waals surface area contributed by atoms with Crippen LogP contribution in [0.3, 0.4) is 0 Å². The molecule has 0 heterocycles. The van der Waals surface area contributed by atoms with Crippen LogP contribution in [0.25, 0.3) is 0 Å². The van der Waals surface area contributed by atoms with E-state index >= 15 is 0 Å². The lowest BCUT2D eigenvalue weighted by Crippen LogP contribution is -2.45. The summed E-state index contributed by atoms with van der Waals surface area (Å²) in [5, 5.41) is 18.4. The summed E-state index contributed by atoms with van der Waals surface area (Å²) in [5.41, 5.74) is 0. The van der Waals surface area contributed by atoms with Crippen LogP contribution < -0.4 is 0 Å². The lowest BCUT2D eigenvalue weighted by atomic mass is 10.0. The fourth-order valence-corrected chi connectivity index (χ4v) is 2.23. The van der Waals surface area contributed by atoms with Gasteiger partial charge < -0.3 is 10.2 Å². The molecule has 0 aromatic rings. The largest absolute Gasteiger partial charge is 0.481 e. The number of hydrogen-bond acceptors (Lipinski definition) is 3. The minimum absolute atomic E-state index is 0.305. The Morgan fingerprint density at radius 2 is 1.60 bits per heavy atom. The van der Waals surface area contributed by atoms with E-state index in [0.717, 1.165) is 32.1 Å². The second-order valence-corrected chi connectivity index (χ2v) is 5.44. The van der Waals surface area contributed by atoms with Crippen LogP contribution in [0.4, 0.5) is 0 Å². The molecule has 0 saturated carbocycles. The predicted molar refractivity (Wildman–Crippen MR) is 78.8 cm³/mol. The van der Waals surface area contributed by atoms with Crippen molar-refractivity contribution in [3.05, 3.63) is 0 Å². The summed E-state index contributed by atoms with van der Waals surface area (Å²) in [6.07, 6.45) is 5.40. The standard InChI is InChI=1S/C15H29NO4/c1-4-6-8-10-16(11-12(3)14(17)18)13(15(19)20)9-7-5-2/h12-13H,4-11H2,1-3H3,(H,17,18)(H,19,20). The summed E-state index contributed by atoms with van der Waals surface area (Å²) in [6, 6.07) is -0.561. The van der Waals surface area contributed by atoms with Gasteiger partial charge in [-0.3, -0.25) is 14.5 Å². The van der Waals surface area contributed by atoms with Gasteiger partial charge in [-0.25, -0.2) is 0 Å². The van der Waals surface area contributed by atoms with Crippen LogP contribution in [0.2, 0.25) is 0 Å². The minimum Gasteiger partial charge on any atom is -0.481 e. The average molecular weight is 287 g/mol. The molecule has 0 aromatic carbocycles. The van der Waals surface area contributed by atoms with E-state index in [1.165, 1.54) is 0 Å². The van der Waals surface area contributed by atoms with Crippen molar-refractivity contribution >= 4 is 11.9 Å². The lowest BCUT2D eigenvalue weighted by Gasteiger charge is -2.30. The van der Waals surface area contributed by atoms with Crippen molar-refractivity contribution in [1.29, 1.82) is 0 Å². The fourth-order valence-electron chi connectivity index (χ4n) is 2.23. The molecule has 118 valence electrons. The second kappa shape index (κ2) is 10.7. The van der Waals surface area contributed by atoms with Gasteiger partial charge >= 0.3 is 11.9 Å². The summed E-state index contributed by atoms with van der Waals surface area (Å²) in [6.45, 7) is 6.72. The van der Waals surface area contributed by atoms with Crippen LogP contribution >= 0.6 is 0 Å². The van der Waals surface area contributed by atoms with Gasteiger partial charge in [-0.1, -0.05) is 46.5 Å². The number of carboxylic acids is 2. The van der Waals surface area contributed by atoms with Gasteiger partial charge in [0.25, 0.3) is 0 Å². The molecular weight excluding hydrogens is 258 g/mol. The monoisotopic (exact) mass is 287 g/mol. The second-order valence-electron chi connectivity index (χ2n) is 5.44. The molecule has 0 fully saturated rings. The predicted octanol–water partition coefficient (Wildman–Crippen LogP) is 2.84. The van der Waals surface area contributed by atoms with Crippen LogP contribution in [0, 0.1) is 5.92 Å². The quantitative estimate of drug-likeness (QED) is 0.540. The van der Waals surface area contributed by atoms with E-state index in [1.807, 2.05) is 11.8 Å². The molecule has 0 aromatic heterocycles. The van der Waals surface area contributed by atoms with E-state index in [1.54, 1.807) is 6.92 Å². The SMILES string of the molecule is CCCCCN(CC(C)C(=O)O)C(CCCC)C(=O)O. The molecule has 0 aliphatic carbocycles. The van der Waals surface area contributed by atoms with Gasteiger partial charge in [-0.15, -0.1) is 0 Å². The van der Waals surface area contributed by atoms with E-state index in [2.05, 4.69) is 6.92 Å². The van der Waals surface area contributed by atoms with E-state index in [4.69, 9.17) is 5.11 Å². The van der Waals surface area contributed by atoms with Crippen LogP contribution in [0.15, 0.2) is 0 Å². The molecule has 0 saturated heterocycles. The van der Waals surface area contributed by atoms with Gasteiger partial charge in [-0.05, 0) is 19.4 Å². The molecule has 2 N–H and O–H groups in total. The summed E-state index contributed by atoms with van der Waals surface area (Å²) in [4.78, 5) is 24.3. The average Bonchev–Trinajstić information content (AvgIpc) is 2.38. The molecule has 0 aliphatic rings. The highest BCUT2D eigenvalue weighted by molar-refractivity contribution is 5.74. The summed E-state index contributed by atoms with van der Waals surface area (Å²) >= 11 is 0. The molecule has 0 amide bonds. The van der Waals surface area contributed by atoms with Crippen molar-refractivity contribution in [3.63, 3.8) is 0 Å². The third-order valence-corrected chi connectivity index (χ3v) is 3.54. The van der Waals surface area contributed by atoms with Gasteiger partial charge in [0.2, 0.25) is 0 Å². The summed E-state index contributed by atoms with van der Waals surface area (Å²) in [7, 11) is 0. The van der Waals surface area contributed by atoms with E-state index < -0.39 is 23.9 Å². The number of carbonyl (C=O) groups is 2. The zero-order valence-electron chi connectivity index (χ0n) is 13.0. The Labute approximate surface area is 122 Å². The van der Waals surface area contributed by atoms with Gasteiger partial charge in [0.1, 0.15) is 6.04 Å². The van der Waals surface area contributed by atoms with Crippen LogP contribution in [-0.4, -0.2) is 46.2 Å². The number of nitrogens with zero attached hydrogens (tertiary/aromatic N) is 1. The third-order valence-electron chi connectivity index (χ3n) is 3.54. The first-order chi connectivity index (χ1) is 9.43. The molecule has 2 unspecified atom stereocenters. The molecule has 0 bridgehead atoms. The minimum atomic E-state index is -0.870. The van der Waals surface area contributed by atoms with Gasteiger partial charge in [0.15, 0.2) is 0 Å². The van der Waals surface area contributed by atoms with Crippen molar-refractivity contribution in [2.45, 2.75) is 65.3 Å². The Hall–Kier alpha value is -1.10. The molecule has 0 spiro atoms. The topological polar surface area (TPSA) is 77.8 Å². The first kappa shape index (κ1) is 18.9. The molecule has 5 nitrogen and oxygen atoms in total. The molecule has 0 aliphatic heterocycles. The van der Waals surface area contributed by atoms with E-state index in [-0.39, 0.29) is 0 Å². The normalized spacial score (nSPS) is 14.2. The molecule has 2 atom stereocenters. The zero-order chi connectivity index (χ0) is 15.5. The number of hydrogen-bond donors (Lipinski definition) is 2. The molecule has 5 heteroatoms. The van der Waals surface area contributed by atoms with Gasteiger partial charge in [-0.2, -0.15) is 0 Å². The molecule has 20 heavy (non-hydrogen) atoms. The lowest BCUT2D eigenvalue weighted by molar-refractivity contribution is -0.147. The maximum absolute atomic E-state index is 11.4. The van der Waals surface area contributed by atoms with Crippen molar-refractivity contribution in [3.8, 4) is 0 Å². The number of carboxylic acid groups (broad SMARTS) is 2. The third kappa shape index (κ3) is 7.48. The van der Waals surface area contributed by atoms with Crippen molar-refractivity contribution in [2.24, 2.45) is 5.92 Å². The number of aliphatic carboxylic acids is 2. The highest BCUT2D eigenvalue weighted by Crippen LogP contribution is 2.14. The highest BCUT2D eigenvalue weighted by Gasteiger charge is 2.27.